The van der Waals surface area contributed by atoms with Gasteiger partial charge in [-0.15, -0.1) is 0 Å². The Balaban J connectivity index is 1.94. The van der Waals surface area contributed by atoms with Crippen LogP contribution < -0.4 is 4.74 Å². The molecule has 0 saturated heterocycles. The maximum Gasteiger partial charge on any atom is 0.269 e. The van der Waals surface area contributed by atoms with Crippen molar-refractivity contribution in [3.05, 3.63) is 76.4 Å². The largest absolute Gasteiger partial charge is 0.497 e. The van der Waals surface area contributed by atoms with Crippen molar-refractivity contribution in [1.29, 1.82) is 0 Å². The number of nitrogens with zero attached hydrogens (tertiary/aromatic N) is 2. The van der Waals surface area contributed by atoms with Gasteiger partial charge in [0.1, 0.15) is 5.75 Å². The first-order valence-electron chi connectivity index (χ1n) is 8.45. The summed E-state index contributed by atoms with van der Waals surface area (Å²) in [6.07, 6.45) is 3.56. The highest BCUT2D eigenvalue weighted by molar-refractivity contribution is 7.89. The van der Waals surface area contributed by atoms with Gasteiger partial charge in [0, 0.05) is 18.2 Å². The Morgan fingerprint density at radius 1 is 1.21 bits per heavy atom. The highest BCUT2D eigenvalue weighted by atomic mass is 32.2. The van der Waals surface area contributed by atoms with Crippen LogP contribution >= 0.6 is 0 Å². The van der Waals surface area contributed by atoms with Crippen molar-refractivity contribution in [3.8, 4) is 5.75 Å². The molecule has 0 fully saturated rings. The lowest BCUT2D eigenvalue weighted by Crippen LogP contribution is -2.46. The molecule has 3 rings (SSSR count). The number of carbonyl (C=O) groups is 1. The Kier molecular flexibility index (Phi) is 5.46. The average Bonchev–Trinajstić information content (AvgIpc) is 2.68. The van der Waals surface area contributed by atoms with Gasteiger partial charge in [-0.3, -0.25) is 14.9 Å². The summed E-state index contributed by atoms with van der Waals surface area (Å²) in [6, 6.07) is 11.1. The number of benzene rings is 2. The Morgan fingerprint density at radius 3 is 2.57 bits per heavy atom. The number of methoxy groups -OCH3 is 1. The summed E-state index contributed by atoms with van der Waals surface area (Å²) >= 11 is 0. The number of carbonyl (C=O) groups excluding carboxylic acids is 1. The smallest absolute Gasteiger partial charge is 0.269 e. The molecule has 28 heavy (non-hydrogen) atoms. The summed E-state index contributed by atoms with van der Waals surface area (Å²) in [5.41, 5.74) is 0.605. The normalized spacial score (nSPS) is 16.8. The first-order chi connectivity index (χ1) is 13.3. The second-order valence-electron chi connectivity index (χ2n) is 6.24. The number of sulfonamides is 1. The highest BCUT2D eigenvalue weighted by Crippen LogP contribution is 2.27. The number of hydrogen-bond donors (Lipinski definition) is 0. The van der Waals surface area contributed by atoms with Crippen LogP contribution in [0.25, 0.3) is 0 Å². The van der Waals surface area contributed by atoms with Crippen LogP contribution in [0.1, 0.15) is 12.0 Å². The van der Waals surface area contributed by atoms with Gasteiger partial charge < -0.3 is 4.74 Å². The molecule has 0 aromatic heterocycles. The molecule has 1 aliphatic heterocycles. The van der Waals surface area contributed by atoms with Crippen LogP contribution in [0.4, 0.5) is 5.69 Å². The van der Waals surface area contributed by atoms with Crippen LogP contribution in [-0.4, -0.2) is 36.7 Å². The lowest BCUT2D eigenvalue weighted by atomic mass is 10.0. The molecule has 146 valence electrons. The number of rotatable bonds is 6. The summed E-state index contributed by atoms with van der Waals surface area (Å²) in [7, 11) is -2.62. The van der Waals surface area contributed by atoms with Gasteiger partial charge in [0.15, 0.2) is 0 Å². The van der Waals surface area contributed by atoms with Gasteiger partial charge in [-0.25, -0.2) is 12.7 Å². The Morgan fingerprint density at radius 2 is 1.93 bits per heavy atom. The molecule has 0 saturated carbocycles. The number of amides is 1. The van der Waals surface area contributed by atoms with E-state index in [-0.39, 0.29) is 10.6 Å². The van der Waals surface area contributed by atoms with E-state index < -0.39 is 26.9 Å². The van der Waals surface area contributed by atoms with Gasteiger partial charge in [0.25, 0.3) is 21.6 Å². The molecular weight excluding hydrogens is 384 g/mol. The number of non-ortho nitro benzene ring substituents is 1. The maximum atomic E-state index is 13.1. The minimum atomic E-state index is -4.16. The second-order valence-corrected chi connectivity index (χ2v) is 8.05. The van der Waals surface area contributed by atoms with E-state index >= 15 is 0 Å². The van der Waals surface area contributed by atoms with E-state index in [4.69, 9.17) is 4.74 Å². The zero-order valence-electron chi connectivity index (χ0n) is 15.0. The summed E-state index contributed by atoms with van der Waals surface area (Å²) in [5.74, 6) is -0.00236. The monoisotopic (exact) mass is 402 g/mol. The molecule has 0 N–H and O–H groups in total. The van der Waals surface area contributed by atoms with Crippen molar-refractivity contribution in [2.75, 3.05) is 7.11 Å². The van der Waals surface area contributed by atoms with Crippen LogP contribution in [0.3, 0.4) is 0 Å². The predicted octanol–water partition coefficient (Wildman–Crippen LogP) is 2.69. The van der Waals surface area contributed by atoms with Crippen molar-refractivity contribution in [2.24, 2.45) is 0 Å². The third kappa shape index (κ3) is 3.89. The molecule has 9 heteroatoms. The molecule has 0 radical (unpaired) electrons. The zero-order valence-corrected chi connectivity index (χ0v) is 15.8. The summed E-state index contributed by atoms with van der Waals surface area (Å²) in [6.45, 7) is 0. The molecule has 1 atom stereocenters. The van der Waals surface area contributed by atoms with E-state index in [1.54, 1.807) is 24.3 Å². The first-order valence-corrected chi connectivity index (χ1v) is 9.89. The lowest BCUT2D eigenvalue weighted by molar-refractivity contribution is -0.384. The molecule has 1 amide bonds. The SMILES string of the molecule is COc1cccc(CC2CC=CC(=O)N2S(=O)(=O)c2ccc([N+](=O)[O-])cc2)c1. The minimum absolute atomic E-state index is 0.169. The van der Waals surface area contributed by atoms with Crippen molar-refractivity contribution in [2.45, 2.75) is 23.8 Å². The molecule has 1 unspecified atom stereocenters. The summed E-state index contributed by atoms with van der Waals surface area (Å²) in [4.78, 5) is 22.5. The Bertz CT molecular complexity index is 1030. The summed E-state index contributed by atoms with van der Waals surface area (Å²) in [5, 5.41) is 10.8. The second kappa shape index (κ2) is 7.81. The number of ether oxygens (including phenoxy) is 1. The quantitative estimate of drug-likeness (QED) is 0.543. The van der Waals surface area contributed by atoms with E-state index in [1.807, 2.05) is 6.07 Å². The third-order valence-corrected chi connectivity index (χ3v) is 6.29. The molecule has 1 aliphatic rings. The molecular formula is C19H18N2O6S. The molecule has 0 spiro atoms. The fourth-order valence-corrected chi connectivity index (χ4v) is 4.64. The number of hydrogen-bond acceptors (Lipinski definition) is 6. The first kappa shape index (κ1) is 19.6. The van der Waals surface area contributed by atoms with E-state index in [9.17, 15) is 23.3 Å². The van der Waals surface area contributed by atoms with E-state index in [0.717, 1.165) is 34.1 Å². The topological polar surface area (TPSA) is 107 Å². The molecule has 0 bridgehead atoms. The molecule has 2 aromatic carbocycles. The van der Waals surface area contributed by atoms with E-state index in [1.165, 1.54) is 13.2 Å². The zero-order chi connectivity index (χ0) is 20.3. The van der Waals surface area contributed by atoms with Crippen molar-refractivity contribution < 1.29 is 22.9 Å². The Hall–Kier alpha value is -3.20. The average molecular weight is 402 g/mol. The standard InChI is InChI=1S/C19H18N2O6S/c1-27-17-6-2-4-14(13-17)12-16-5-3-7-19(22)20(16)28(25,26)18-10-8-15(9-11-18)21(23)24/h2-4,6-11,13,16H,5,12H2,1H3. The van der Waals surface area contributed by atoms with Crippen molar-refractivity contribution in [3.63, 3.8) is 0 Å². The van der Waals surface area contributed by atoms with Crippen LogP contribution in [0.2, 0.25) is 0 Å². The molecule has 2 aromatic rings. The van der Waals surface area contributed by atoms with Crippen molar-refractivity contribution >= 4 is 21.6 Å². The summed E-state index contributed by atoms with van der Waals surface area (Å²) < 4.78 is 32.2. The highest BCUT2D eigenvalue weighted by Gasteiger charge is 2.36. The van der Waals surface area contributed by atoms with Crippen molar-refractivity contribution in [1.82, 2.24) is 4.31 Å². The number of nitro benzene ring substituents is 1. The third-order valence-electron chi connectivity index (χ3n) is 4.43. The lowest BCUT2D eigenvalue weighted by Gasteiger charge is -2.32. The van der Waals surface area contributed by atoms with Crippen LogP contribution in [0, 0.1) is 10.1 Å². The van der Waals surface area contributed by atoms with Crippen LogP contribution in [0.5, 0.6) is 5.75 Å². The molecule has 1 heterocycles. The van der Waals surface area contributed by atoms with Gasteiger partial charge in [-0.05, 0) is 42.7 Å². The fourth-order valence-electron chi connectivity index (χ4n) is 3.08. The Labute approximate surface area is 162 Å². The van der Waals surface area contributed by atoms with Gasteiger partial charge >= 0.3 is 0 Å². The molecule has 0 aliphatic carbocycles. The number of nitro groups is 1. The van der Waals surface area contributed by atoms with Crippen LogP contribution in [-0.2, 0) is 21.2 Å². The van der Waals surface area contributed by atoms with E-state index in [0.29, 0.717) is 18.6 Å². The van der Waals surface area contributed by atoms with Gasteiger partial charge in [0.05, 0.1) is 23.0 Å². The maximum absolute atomic E-state index is 13.1. The van der Waals surface area contributed by atoms with Gasteiger partial charge in [-0.2, -0.15) is 0 Å². The minimum Gasteiger partial charge on any atom is -0.497 e. The molecule has 8 nitrogen and oxygen atoms in total. The van der Waals surface area contributed by atoms with Gasteiger partial charge in [0.2, 0.25) is 0 Å². The van der Waals surface area contributed by atoms with Gasteiger partial charge in [-0.1, -0.05) is 18.2 Å². The van der Waals surface area contributed by atoms with Crippen LogP contribution in [0.15, 0.2) is 65.6 Å². The fraction of sp³-hybridized carbons (Fsp3) is 0.211. The van der Waals surface area contributed by atoms with E-state index in [2.05, 4.69) is 0 Å². The predicted molar refractivity (Wildman–Crippen MR) is 101 cm³/mol.